The summed E-state index contributed by atoms with van der Waals surface area (Å²) in [6, 6.07) is 7.24. The predicted octanol–water partition coefficient (Wildman–Crippen LogP) is 2.51. The standard InChI is InChI=1S/C19H22ClN3O3/c1-12(18(24)21-15-3-4-15)22-6-8-23(9-7-22)19(25)17-11-13-10-14(20)2-5-16(13)26-17/h2,5,10-12,15H,3-4,6-9H2,1H3,(H,21,24). The zero-order chi connectivity index (χ0) is 18.3. The van der Waals surface area contributed by atoms with Crippen LogP contribution in [0.3, 0.4) is 0 Å². The molecule has 0 radical (unpaired) electrons. The van der Waals surface area contributed by atoms with Gasteiger partial charge < -0.3 is 14.6 Å². The topological polar surface area (TPSA) is 65.8 Å². The van der Waals surface area contributed by atoms with Crippen LogP contribution in [0.5, 0.6) is 0 Å². The average Bonchev–Trinajstić information content (AvgIpc) is 3.36. The highest BCUT2D eigenvalue weighted by atomic mass is 35.5. The van der Waals surface area contributed by atoms with Gasteiger partial charge in [-0.1, -0.05) is 11.6 Å². The lowest BCUT2D eigenvalue weighted by atomic mass is 10.2. The molecule has 2 aliphatic rings. The van der Waals surface area contributed by atoms with E-state index in [2.05, 4.69) is 10.2 Å². The number of nitrogens with one attached hydrogen (secondary N) is 1. The van der Waals surface area contributed by atoms with Crippen LogP contribution in [-0.2, 0) is 4.79 Å². The van der Waals surface area contributed by atoms with Gasteiger partial charge in [-0.25, -0.2) is 0 Å². The summed E-state index contributed by atoms with van der Waals surface area (Å²) in [4.78, 5) is 28.8. The van der Waals surface area contributed by atoms with Crippen molar-refractivity contribution in [2.75, 3.05) is 26.2 Å². The molecule has 1 aromatic heterocycles. The van der Waals surface area contributed by atoms with Crippen LogP contribution in [0.4, 0.5) is 0 Å². The van der Waals surface area contributed by atoms with E-state index in [1.807, 2.05) is 6.92 Å². The molecule has 0 spiro atoms. The van der Waals surface area contributed by atoms with Crippen LogP contribution in [0.1, 0.15) is 30.3 Å². The molecule has 1 aliphatic heterocycles. The first-order valence-electron chi connectivity index (χ1n) is 9.04. The van der Waals surface area contributed by atoms with E-state index in [0.717, 1.165) is 18.2 Å². The van der Waals surface area contributed by atoms with Gasteiger partial charge >= 0.3 is 0 Å². The molecule has 6 nitrogen and oxygen atoms in total. The van der Waals surface area contributed by atoms with Crippen LogP contribution in [0, 0.1) is 0 Å². The largest absolute Gasteiger partial charge is 0.451 e. The minimum Gasteiger partial charge on any atom is -0.451 e. The number of rotatable bonds is 4. The zero-order valence-corrected chi connectivity index (χ0v) is 15.5. The van der Waals surface area contributed by atoms with Gasteiger partial charge in [0.1, 0.15) is 5.58 Å². The van der Waals surface area contributed by atoms with Gasteiger partial charge in [-0.15, -0.1) is 0 Å². The smallest absolute Gasteiger partial charge is 0.289 e. The Balaban J connectivity index is 1.37. The predicted molar refractivity (Wildman–Crippen MR) is 99.3 cm³/mol. The van der Waals surface area contributed by atoms with Crippen molar-refractivity contribution in [2.24, 2.45) is 0 Å². The summed E-state index contributed by atoms with van der Waals surface area (Å²) >= 11 is 5.99. The van der Waals surface area contributed by atoms with E-state index in [-0.39, 0.29) is 17.9 Å². The first-order valence-corrected chi connectivity index (χ1v) is 9.42. The zero-order valence-electron chi connectivity index (χ0n) is 14.7. The Kier molecular flexibility index (Phi) is 4.63. The van der Waals surface area contributed by atoms with Crippen LogP contribution in [0.25, 0.3) is 11.0 Å². The number of benzene rings is 1. The second-order valence-electron chi connectivity index (χ2n) is 7.08. The van der Waals surface area contributed by atoms with Gasteiger partial charge in [-0.2, -0.15) is 0 Å². The summed E-state index contributed by atoms with van der Waals surface area (Å²) in [5, 5.41) is 4.48. The van der Waals surface area contributed by atoms with E-state index < -0.39 is 0 Å². The van der Waals surface area contributed by atoms with Crippen molar-refractivity contribution in [1.82, 2.24) is 15.1 Å². The minimum atomic E-state index is -0.166. The van der Waals surface area contributed by atoms with Gasteiger partial charge in [0.25, 0.3) is 5.91 Å². The van der Waals surface area contributed by atoms with Crippen LogP contribution in [0.15, 0.2) is 28.7 Å². The first kappa shape index (κ1) is 17.4. The van der Waals surface area contributed by atoms with Gasteiger partial charge in [0.2, 0.25) is 5.91 Å². The molecule has 0 bridgehead atoms. The number of piperazine rings is 1. The lowest BCUT2D eigenvalue weighted by Gasteiger charge is -2.37. The molecule has 7 heteroatoms. The van der Waals surface area contributed by atoms with Gasteiger partial charge in [0.05, 0.1) is 6.04 Å². The molecule has 2 amide bonds. The normalized spacial score (nSPS) is 19.5. The average molecular weight is 376 g/mol. The monoisotopic (exact) mass is 375 g/mol. The summed E-state index contributed by atoms with van der Waals surface area (Å²) in [5.41, 5.74) is 0.654. The molecule has 2 fully saturated rings. The van der Waals surface area contributed by atoms with Crippen molar-refractivity contribution < 1.29 is 14.0 Å². The molecule has 1 N–H and O–H groups in total. The molecule has 1 aromatic carbocycles. The Morgan fingerprint density at radius 3 is 2.62 bits per heavy atom. The van der Waals surface area contributed by atoms with Crippen LogP contribution < -0.4 is 5.32 Å². The van der Waals surface area contributed by atoms with Crippen molar-refractivity contribution in [3.63, 3.8) is 0 Å². The van der Waals surface area contributed by atoms with Crippen LogP contribution >= 0.6 is 11.6 Å². The molecule has 1 aliphatic carbocycles. The fourth-order valence-electron chi connectivity index (χ4n) is 3.30. The van der Waals surface area contributed by atoms with E-state index in [1.54, 1.807) is 29.2 Å². The maximum Gasteiger partial charge on any atom is 0.289 e. The molecular formula is C19H22ClN3O3. The lowest BCUT2D eigenvalue weighted by Crippen LogP contribution is -2.55. The third-order valence-electron chi connectivity index (χ3n) is 5.14. The highest BCUT2D eigenvalue weighted by Gasteiger charge is 2.31. The second-order valence-corrected chi connectivity index (χ2v) is 7.52. The summed E-state index contributed by atoms with van der Waals surface area (Å²) in [6.45, 7) is 4.45. The highest BCUT2D eigenvalue weighted by Crippen LogP contribution is 2.24. The maximum absolute atomic E-state index is 12.7. The van der Waals surface area contributed by atoms with Crippen molar-refractivity contribution in [3.05, 3.63) is 35.0 Å². The Morgan fingerprint density at radius 2 is 1.92 bits per heavy atom. The van der Waals surface area contributed by atoms with Gasteiger partial charge in [0, 0.05) is 42.6 Å². The van der Waals surface area contributed by atoms with Crippen molar-refractivity contribution in [3.8, 4) is 0 Å². The number of fused-ring (bicyclic) bond motifs is 1. The van der Waals surface area contributed by atoms with Crippen LogP contribution in [0.2, 0.25) is 5.02 Å². The highest BCUT2D eigenvalue weighted by molar-refractivity contribution is 6.31. The second kappa shape index (κ2) is 6.93. The Hall–Kier alpha value is -2.05. The Morgan fingerprint density at radius 1 is 1.19 bits per heavy atom. The summed E-state index contributed by atoms with van der Waals surface area (Å²) in [7, 11) is 0. The fourth-order valence-corrected chi connectivity index (χ4v) is 3.48. The molecule has 1 unspecified atom stereocenters. The number of nitrogens with zero attached hydrogens (tertiary/aromatic N) is 2. The van der Waals surface area contributed by atoms with Crippen molar-refractivity contribution >= 4 is 34.4 Å². The number of furan rings is 1. The summed E-state index contributed by atoms with van der Waals surface area (Å²) < 4.78 is 5.67. The first-order chi connectivity index (χ1) is 12.5. The molecule has 4 rings (SSSR count). The van der Waals surface area contributed by atoms with E-state index >= 15 is 0 Å². The lowest BCUT2D eigenvalue weighted by molar-refractivity contribution is -0.126. The third-order valence-corrected chi connectivity index (χ3v) is 5.38. The van der Waals surface area contributed by atoms with E-state index in [9.17, 15) is 9.59 Å². The molecule has 138 valence electrons. The maximum atomic E-state index is 12.7. The fraction of sp³-hybridized carbons (Fsp3) is 0.474. The minimum absolute atomic E-state index is 0.0847. The third kappa shape index (κ3) is 3.57. The summed E-state index contributed by atoms with van der Waals surface area (Å²) in [5.74, 6) is 0.295. The Labute approximate surface area is 157 Å². The van der Waals surface area contributed by atoms with E-state index in [0.29, 0.717) is 48.6 Å². The van der Waals surface area contributed by atoms with Gasteiger partial charge in [-0.05, 0) is 44.0 Å². The van der Waals surface area contributed by atoms with E-state index in [4.69, 9.17) is 16.0 Å². The Bertz CT molecular complexity index is 838. The number of hydrogen-bond acceptors (Lipinski definition) is 4. The molecule has 26 heavy (non-hydrogen) atoms. The van der Waals surface area contributed by atoms with Crippen molar-refractivity contribution in [2.45, 2.75) is 31.8 Å². The molecule has 2 heterocycles. The summed E-state index contributed by atoms with van der Waals surface area (Å²) in [6.07, 6.45) is 2.17. The number of carbonyl (C=O) groups excluding carboxylic acids is 2. The number of amides is 2. The van der Waals surface area contributed by atoms with E-state index in [1.165, 1.54) is 0 Å². The van der Waals surface area contributed by atoms with Crippen LogP contribution in [-0.4, -0.2) is 59.9 Å². The van der Waals surface area contributed by atoms with Gasteiger partial charge in [-0.3, -0.25) is 14.5 Å². The molecule has 1 atom stereocenters. The number of carbonyl (C=O) groups is 2. The molecular weight excluding hydrogens is 354 g/mol. The number of halogens is 1. The van der Waals surface area contributed by atoms with Crippen molar-refractivity contribution in [1.29, 1.82) is 0 Å². The molecule has 1 saturated carbocycles. The molecule has 1 saturated heterocycles. The molecule has 2 aromatic rings. The number of hydrogen-bond donors (Lipinski definition) is 1. The quantitative estimate of drug-likeness (QED) is 0.891. The SMILES string of the molecule is CC(C(=O)NC1CC1)N1CCN(C(=O)c2cc3cc(Cl)ccc3o2)CC1. The van der Waals surface area contributed by atoms with Gasteiger partial charge in [0.15, 0.2) is 5.76 Å².